The van der Waals surface area contributed by atoms with E-state index < -0.39 is 0 Å². The Labute approximate surface area is 118 Å². The second-order valence-electron chi connectivity index (χ2n) is 5.79. The van der Waals surface area contributed by atoms with Crippen molar-refractivity contribution in [1.82, 2.24) is 10.2 Å². The highest BCUT2D eigenvalue weighted by Gasteiger charge is 2.18. The molecule has 1 rings (SSSR count). The largest absolute Gasteiger partial charge is 0.355 e. The first-order valence-corrected chi connectivity index (χ1v) is 7.88. The van der Waals surface area contributed by atoms with Crippen molar-refractivity contribution in [1.29, 1.82) is 0 Å². The molecule has 2 unspecified atom stereocenters. The van der Waals surface area contributed by atoms with Crippen LogP contribution < -0.4 is 11.1 Å². The minimum Gasteiger partial charge on any atom is -0.355 e. The minimum absolute atomic E-state index is 0.196. The lowest BCUT2D eigenvalue weighted by Crippen LogP contribution is -2.40. The third-order valence-electron chi connectivity index (χ3n) is 4.29. The Kier molecular flexibility index (Phi) is 8.07. The lowest BCUT2D eigenvalue weighted by molar-refractivity contribution is -0.121. The Balaban J connectivity index is 2.12. The molecule has 3 N–H and O–H groups in total. The summed E-state index contributed by atoms with van der Waals surface area (Å²) in [7, 11) is 0. The molecule has 0 aromatic rings. The predicted octanol–water partition coefficient (Wildman–Crippen LogP) is 1.74. The molecule has 1 heterocycles. The van der Waals surface area contributed by atoms with Crippen molar-refractivity contribution in [2.75, 3.05) is 26.2 Å². The fourth-order valence-corrected chi connectivity index (χ4v) is 2.78. The minimum atomic E-state index is 0.196. The van der Waals surface area contributed by atoms with Crippen LogP contribution in [0.15, 0.2) is 0 Å². The van der Waals surface area contributed by atoms with Crippen molar-refractivity contribution in [3.05, 3.63) is 0 Å². The molecule has 0 bridgehead atoms. The van der Waals surface area contributed by atoms with Gasteiger partial charge in [-0.25, -0.2) is 0 Å². The number of hydrogen-bond acceptors (Lipinski definition) is 3. The normalized spacial score (nSPS) is 19.3. The summed E-state index contributed by atoms with van der Waals surface area (Å²) in [6.07, 6.45) is 6.37. The van der Waals surface area contributed by atoms with Crippen LogP contribution in [0.5, 0.6) is 0 Å². The average Bonchev–Trinajstić information content (AvgIpc) is 2.94. The van der Waals surface area contributed by atoms with E-state index in [9.17, 15) is 4.79 Å². The summed E-state index contributed by atoms with van der Waals surface area (Å²) in [5, 5.41) is 3.07. The van der Waals surface area contributed by atoms with Gasteiger partial charge in [0.15, 0.2) is 0 Å². The number of nitrogens with zero attached hydrogens (tertiary/aromatic N) is 1. The van der Waals surface area contributed by atoms with Gasteiger partial charge in [-0.05, 0) is 58.2 Å². The van der Waals surface area contributed by atoms with Gasteiger partial charge in [-0.15, -0.1) is 0 Å². The first-order chi connectivity index (χ1) is 9.17. The van der Waals surface area contributed by atoms with Crippen LogP contribution >= 0.6 is 0 Å². The molecule has 4 nitrogen and oxygen atoms in total. The van der Waals surface area contributed by atoms with Crippen molar-refractivity contribution in [3.63, 3.8) is 0 Å². The van der Waals surface area contributed by atoms with Crippen molar-refractivity contribution in [2.24, 2.45) is 11.7 Å². The molecular weight excluding hydrogens is 238 g/mol. The van der Waals surface area contributed by atoms with E-state index in [1.807, 2.05) is 0 Å². The Morgan fingerprint density at radius 1 is 1.32 bits per heavy atom. The third kappa shape index (κ3) is 6.39. The summed E-state index contributed by atoms with van der Waals surface area (Å²) >= 11 is 0. The molecule has 19 heavy (non-hydrogen) atoms. The smallest absolute Gasteiger partial charge is 0.220 e. The summed E-state index contributed by atoms with van der Waals surface area (Å²) in [6, 6.07) is 0.470. The number of amides is 1. The lowest BCUT2D eigenvalue weighted by Gasteiger charge is -2.24. The van der Waals surface area contributed by atoms with E-state index in [0.717, 1.165) is 32.4 Å². The SMILES string of the molecule is CCC(CCN)CCC(=O)NCC(C)N1CCCC1. The van der Waals surface area contributed by atoms with E-state index in [1.165, 1.54) is 25.9 Å². The monoisotopic (exact) mass is 269 g/mol. The number of carbonyl (C=O) groups excluding carboxylic acids is 1. The highest BCUT2D eigenvalue weighted by atomic mass is 16.1. The first-order valence-electron chi connectivity index (χ1n) is 7.88. The Hall–Kier alpha value is -0.610. The van der Waals surface area contributed by atoms with Crippen LogP contribution in [0, 0.1) is 5.92 Å². The van der Waals surface area contributed by atoms with Gasteiger partial charge in [0.05, 0.1) is 0 Å². The quantitative estimate of drug-likeness (QED) is 0.670. The molecule has 1 amide bonds. The fourth-order valence-electron chi connectivity index (χ4n) is 2.78. The maximum atomic E-state index is 11.8. The summed E-state index contributed by atoms with van der Waals surface area (Å²) in [6.45, 7) is 8.26. The molecule has 0 saturated carbocycles. The molecule has 0 aliphatic carbocycles. The number of rotatable bonds is 9. The maximum Gasteiger partial charge on any atom is 0.220 e. The molecule has 1 aliphatic rings. The molecular formula is C15H31N3O. The highest BCUT2D eigenvalue weighted by molar-refractivity contribution is 5.75. The maximum absolute atomic E-state index is 11.8. The van der Waals surface area contributed by atoms with Crippen LogP contribution in [0.3, 0.4) is 0 Å². The number of hydrogen-bond donors (Lipinski definition) is 2. The van der Waals surface area contributed by atoms with Crippen LogP contribution in [0.1, 0.15) is 52.4 Å². The molecule has 1 aliphatic heterocycles. The van der Waals surface area contributed by atoms with Crippen LogP contribution in [-0.4, -0.2) is 43.0 Å². The highest BCUT2D eigenvalue weighted by Crippen LogP contribution is 2.14. The van der Waals surface area contributed by atoms with Crippen molar-refractivity contribution in [3.8, 4) is 0 Å². The average molecular weight is 269 g/mol. The first kappa shape index (κ1) is 16.4. The zero-order valence-corrected chi connectivity index (χ0v) is 12.7. The van der Waals surface area contributed by atoms with E-state index in [-0.39, 0.29) is 5.91 Å². The molecule has 2 atom stereocenters. The number of nitrogens with two attached hydrogens (primary N) is 1. The van der Waals surface area contributed by atoms with Gasteiger partial charge >= 0.3 is 0 Å². The zero-order valence-electron chi connectivity index (χ0n) is 12.7. The van der Waals surface area contributed by atoms with E-state index in [4.69, 9.17) is 5.73 Å². The van der Waals surface area contributed by atoms with Crippen LogP contribution in [0.25, 0.3) is 0 Å². The summed E-state index contributed by atoms with van der Waals surface area (Å²) in [5.74, 6) is 0.799. The standard InChI is InChI=1S/C15H31N3O/c1-3-14(8-9-16)6-7-15(19)17-12-13(2)18-10-4-5-11-18/h13-14H,3-12,16H2,1-2H3,(H,17,19). The van der Waals surface area contributed by atoms with Crippen molar-refractivity contribution >= 4 is 5.91 Å². The van der Waals surface area contributed by atoms with Gasteiger partial charge in [-0.2, -0.15) is 0 Å². The van der Waals surface area contributed by atoms with E-state index >= 15 is 0 Å². The van der Waals surface area contributed by atoms with E-state index in [0.29, 0.717) is 18.4 Å². The topological polar surface area (TPSA) is 58.4 Å². The van der Waals surface area contributed by atoms with Crippen LogP contribution in [0.2, 0.25) is 0 Å². The summed E-state index contributed by atoms with van der Waals surface area (Å²) < 4.78 is 0. The van der Waals surface area contributed by atoms with Gasteiger partial charge in [-0.3, -0.25) is 9.69 Å². The van der Waals surface area contributed by atoms with Gasteiger partial charge in [0.25, 0.3) is 0 Å². The van der Waals surface area contributed by atoms with Gasteiger partial charge in [0.2, 0.25) is 5.91 Å². The molecule has 1 saturated heterocycles. The molecule has 0 radical (unpaired) electrons. The van der Waals surface area contributed by atoms with Crippen molar-refractivity contribution in [2.45, 2.75) is 58.4 Å². The molecule has 0 aromatic heterocycles. The van der Waals surface area contributed by atoms with Gasteiger partial charge < -0.3 is 11.1 Å². The van der Waals surface area contributed by atoms with Crippen molar-refractivity contribution < 1.29 is 4.79 Å². The fraction of sp³-hybridized carbons (Fsp3) is 0.933. The predicted molar refractivity (Wildman–Crippen MR) is 80.0 cm³/mol. The Morgan fingerprint density at radius 3 is 2.58 bits per heavy atom. The van der Waals surface area contributed by atoms with Gasteiger partial charge in [-0.1, -0.05) is 13.3 Å². The van der Waals surface area contributed by atoms with Gasteiger partial charge in [0.1, 0.15) is 0 Å². The second kappa shape index (κ2) is 9.32. The summed E-state index contributed by atoms with van der Waals surface area (Å²) in [4.78, 5) is 14.3. The third-order valence-corrected chi connectivity index (χ3v) is 4.29. The Bertz CT molecular complexity index is 252. The number of carbonyl (C=O) groups is 1. The molecule has 1 fully saturated rings. The zero-order chi connectivity index (χ0) is 14.1. The number of nitrogens with one attached hydrogen (secondary N) is 1. The molecule has 0 spiro atoms. The molecule has 112 valence electrons. The number of likely N-dealkylation sites (tertiary alicyclic amines) is 1. The van der Waals surface area contributed by atoms with E-state index in [1.54, 1.807) is 0 Å². The second-order valence-corrected chi connectivity index (χ2v) is 5.79. The van der Waals surface area contributed by atoms with Crippen LogP contribution in [0.4, 0.5) is 0 Å². The van der Waals surface area contributed by atoms with E-state index in [2.05, 4.69) is 24.1 Å². The molecule has 4 heteroatoms. The van der Waals surface area contributed by atoms with Crippen LogP contribution in [-0.2, 0) is 4.79 Å². The Morgan fingerprint density at radius 2 is 2.00 bits per heavy atom. The van der Waals surface area contributed by atoms with Gasteiger partial charge in [0, 0.05) is 19.0 Å². The summed E-state index contributed by atoms with van der Waals surface area (Å²) in [5.41, 5.74) is 5.57. The molecule has 0 aromatic carbocycles. The lowest BCUT2D eigenvalue weighted by atomic mass is 9.96.